The van der Waals surface area contributed by atoms with Gasteiger partial charge in [-0.15, -0.1) is 0 Å². The second-order valence-corrected chi connectivity index (χ2v) is 5.30. The van der Waals surface area contributed by atoms with E-state index in [1.165, 1.54) is 16.7 Å². The number of ether oxygens (including phenoxy) is 1. The fourth-order valence-corrected chi connectivity index (χ4v) is 2.28. The van der Waals surface area contributed by atoms with Crippen molar-refractivity contribution in [2.45, 2.75) is 27.3 Å². The molecule has 1 aromatic rings. The molecule has 0 aromatic heterocycles. The summed E-state index contributed by atoms with van der Waals surface area (Å²) >= 11 is 0. The molecule has 0 amide bonds. The first kappa shape index (κ1) is 15.0. The highest BCUT2D eigenvalue weighted by molar-refractivity contribution is 5.42. The molecule has 0 aliphatic carbocycles. The monoisotopic (exact) mass is 250 g/mol. The number of aryl methyl sites for hydroxylation is 2. The Bertz CT molecular complexity index is 390. The molecule has 3 nitrogen and oxygen atoms in total. The van der Waals surface area contributed by atoms with E-state index in [0.717, 1.165) is 25.4 Å². The van der Waals surface area contributed by atoms with Crippen molar-refractivity contribution in [1.82, 2.24) is 4.90 Å². The summed E-state index contributed by atoms with van der Waals surface area (Å²) in [6.07, 6.45) is 0. The van der Waals surface area contributed by atoms with E-state index in [0.29, 0.717) is 5.92 Å². The maximum absolute atomic E-state index is 5.67. The van der Waals surface area contributed by atoms with E-state index < -0.39 is 0 Å². The molecule has 1 aromatic carbocycles. The predicted molar refractivity (Wildman–Crippen MR) is 77.0 cm³/mol. The summed E-state index contributed by atoms with van der Waals surface area (Å²) in [5.41, 5.74) is 9.47. The predicted octanol–water partition coefficient (Wildman–Crippen LogP) is 2.34. The van der Waals surface area contributed by atoms with Gasteiger partial charge < -0.3 is 15.4 Å². The van der Waals surface area contributed by atoms with Crippen LogP contribution in [0.3, 0.4) is 0 Å². The summed E-state index contributed by atoms with van der Waals surface area (Å²) in [5.74, 6) is 1.51. The summed E-state index contributed by atoms with van der Waals surface area (Å²) in [6, 6.07) is 4.31. The number of hydrogen-bond acceptors (Lipinski definition) is 3. The fourth-order valence-electron chi connectivity index (χ4n) is 2.28. The minimum absolute atomic E-state index is 0.520. The molecule has 1 unspecified atom stereocenters. The SMILES string of the molecule is COc1cc(C)cc(C)c1CN(C)CC(C)CN. The lowest BCUT2D eigenvalue weighted by Crippen LogP contribution is -2.28. The number of benzene rings is 1. The van der Waals surface area contributed by atoms with Gasteiger partial charge in [-0.2, -0.15) is 0 Å². The lowest BCUT2D eigenvalue weighted by Gasteiger charge is -2.23. The summed E-state index contributed by atoms with van der Waals surface area (Å²) < 4.78 is 5.49. The van der Waals surface area contributed by atoms with Crippen molar-refractivity contribution in [3.63, 3.8) is 0 Å². The van der Waals surface area contributed by atoms with Crippen LogP contribution in [-0.2, 0) is 6.54 Å². The van der Waals surface area contributed by atoms with Gasteiger partial charge in [0.05, 0.1) is 7.11 Å². The van der Waals surface area contributed by atoms with Crippen LogP contribution >= 0.6 is 0 Å². The molecule has 2 N–H and O–H groups in total. The van der Waals surface area contributed by atoms with E-state index in [-0.39, 0.29) is 0 Å². The molecule has 102 valence electrons. The number of hydrogen-bond donors (Lipinski definition) is 1. The number of rotatable bonds is 6. The van der Waals surface area contributed by atoms with Gasteiger partial charge in [0, 0.05) is 18.7 Å². The number of nitrogens with two attached hydrogens (primary N) is 1. The van der Waals surface area contributed by atoms with E-state index in [1.807, 2.05) is 0 Å². The second kappa shape index (κ2) is 6.76. The second-order valence-electron chi connectivity index (χ2n) is 5.30. The number of methoxy groups -OCH3 is 1. The van der Waals surface area contributed by atoms with Crippen molar-refractivity contribution in [2.24, 2.45) is 11.7 Å². The van der Waals surface area contributed by atoms with Gasteiger partial charge in [-0.05, 0) is 50.6 Å². The first-order valence-corrected chi connectivity index (χ1v) is 6.50. The highest BCUT2D eigenvalue weighted by Gasteiger charge is 2.11. The molecule has 0 spiro atoms. The van der Waals surface area contributed by atoms with E-state index in [9.17, 15) is 0 Å². The molecule has 1 atom stereocenters. The fraction of sp³-hybridized carbons (Fsp3) is 0.600. The topological polar surface area (TPSA) is 38.5 Å². The van der Waals surface area contributed by atoms with Gasteiger partial charge in [-0.3, -0.25) is 0 Å². The Morgan fingerprint density at radius 2 is 2.00 bits per heavy atom. The van der Waals surface area contributed by atoms with Gasteiger partial charge in [0.15, 0.2) is 0 Å². The highest BCUT2D eigenvalue weighted by atomic mass is 16.5. The molecule has 0 saturated heterocycles. The Hall–Kier alpha value is -1.06. The largest absolute Gasteiger partial charge is 0.496 e. The lowest BCUT2D eigenvalue weighted by molar-refractivity contribution is 0.276. The van der Waals surface area contributed by atoms with E-state index >= 15 is 0 Å². The van der Waals surface area contributed by atoms with Crippen molar-refractivity contribution >= 4 is 0 Å². The first-order chi connectivity index (χ1) is 8.47. The Labute approximate surface area is 111 Å². The Kier molecular flexibility index (Phi) is 5.63. The van der Waals surface area contributed by atoms with Crippen molar-refractivity contribution < 1.29 is 4.74 Å². The smallest absolute Gasteiger partial charge is 0.123 e. The van der Waals surface area contributed by atoms with Crippen LogP contribution in [0, 0.1) is 19.8 Å². The molecule has 0 aliphatic heterocycles. The van der Waals surface area contributed by atoms with Crippen LogP contribution in [0.25, 0.3) is 0 Å². The van der Waals surface area contributed by atoms with E-state index in [2.05, 4.69) is 44.9 Å². The zero-order chi connectivity index (χ0) is 13.7. The Morgan fingerprint density at radius 3 is 2.56 bits per heavy atom. The van der Waals surface area contributed by atoms with Crippen LogP contribution in [0.2, 0.25) is 0 Å². The Morgan fingerprint density at radius 1 is 1.33 bits per heavy atom. The normalized spacial score (nSPS) is 12.8. The van der Waals surface area contributed by atoms with Crippen LogP contribution in [0.1, 0.15) is 23.6 Å². The van der Waals surface area contributed by atoms with E-state index in [1.54, 1.807) is 7.11 Å². The minimum atomic E-state index is 0.520. The molecule has 0 fully saturated rings. The average Bonchev–Trinajstić information content (AvgIpc) is 2.31. The summed E-state index contributed by atoms with van der Waals surface area (Å²) in [4.78, 5) is 2.30. The Balaban J connectivity index is 2.83. The van der Waals surface area contributed by atoms with Crippen LogP contribution < -0.4 is 10.5 Å². The maximum atomic E-state index is 5.67. The average molecular weight is 250 g/mol. The first-order valence-electron chi connectivity index (χ1n) is 6.50. The highest BCUT2D eigenvalue weighted by Crippen LogP contribution is 2.25. The zero-order valence-electron chi connectivity index (χ0n) is 12.3. The minimum Gasteiger partial charge on any atom is -0.496 e. The molecular weight excluding hydrogens is 224 g/mol. The summed E-state index contributed by atoms with van der Waals surface area (Å²) in [5, 5.41) is 0. The molecule has 3 heteroatoms. The van der Waals surface area contributed by atoms with Crippen LogP contribution in [0.4, 0.5) is 0 Å². The molecule has 18 heavy (non-hydrogen) atoms. The van der Waals surface area contributed by atoms with Gasteiger partial charge in [0.2, 0.25) is 0 Å². The third-order valence-electron chi connectivity index (χ3n) is 3.25. The molecule has 0 bridgehead atoms. The standard InChI is InChI=1S/C15H26N2O/c1-11-6-13(3)14(15(7-11)18-5)10-17(4)9-12(2)8-16/h6-7,12H,8-10,16H2,1-5H3. The maximum Gasteiger partial charge on any atom is 0.123 e. The van der Waals surface area contributed by atoms with Crippen molar-refractivity contribution in [1.29, 1.82) is 0 Å². The van der Waals surface area contributed by atoms with Gasteiger partial charge in [-0.25, -0.2) is 0 Å². The molecule has 0 aliphatic rings. The van der Waals surface area contributed by atoms with Crippen LogP contribution in [0.5, 0.6) is 5.75 Å². The molecule has 0 heterocycles. The van der Waals surface area contributed by atoms with Gasteiger partial charge >= 0.3 is 0 Å². The lowest BCUT2D eigenvalue weighted by atomic mass is 10.0. The molecule has 1 rings (SSSR count). The van der Waals surface area contributed by atoms with Crippen LogP contribution in [0.15, 0.2) is 12.1 Å². The van der Waals surface area contributed by atoms with Crippen LogP contribution in [-0.4, -0.2) is 32.1 Å². The number of nitrogens with zero attached hydrogens (tertiary/aromatic N) is 1. The van der Waals surface area contributed by atoms with Gasteiger partial charge in [-0.1, -0.05) is 13.0 Å². The van der Waals surface area contributed by atoms with Gasteiger partial charge in [0.1, 0.15) is 5.75 Å². The van der Waals surface area contributed by atoms with E-state index in [4.69, 9.17) is 10.5 Å². The third-order valence-corrected chi connectivity index (χ3v) is 3.25. The van der Waals surface area contributed by atoms with Crippen molar-refractivity contribution in [3.8, 4) is 5.75 Å². The van der Waals surface area contributed by atoms with Crippen molar-refractivity contribution in [3.05, 3.63) is 28.8 Å². The quantitative estimate of drug-likeness (QED) is 0.842. The van der Waals surface area contributed by atoms with Crippen molar-refractivity contribution in [2.75, 3.05) is 27.2 Å². The molecular formula is C15H26N2O. The van der Waals surface area contributed by atoms with Gasteiger partial charge in [0.25, 0.3) is 0 Å². The third kappa shape index (κ3) is 4.00. The summed E-state index contributed by atoms with van der Waals surface area (Å²) in [6.45, 7) is 9.06. The molecule has 0 radical (unpaired) electrons. The molecule has 0 saturated carbocycles. The summed E-state index contributed by atoms with van der Waals surface area (Å²) in [7, 11) is 3.87. The zero-order valence-corrected chi connectivity index (χ0v) is 12.3.